The van der Waals surface area contributed by atoms with Crippen LogP contribution in [0.5, 0.6) is 5.75 Å². The summed E-state index contributed by atoms with van der Waals surface area (Å²) in [5.74, 6) is -1.13. The van der Waals surface area contributed by atoms with Crippen molar-refractivity contribution >= 4 is 31.6 Å². The van der Waals surface area contributed by atoms with Crippen LogP contribution < -0.4 is 10.0 Å². The lowest BCUT2D eigenvalue weighted by Gasteiger charge is -2.17. The number of furan rings is 1. The van der Waals surface area contributed by atoms with Gasteiger partial charge in [-0.1, -0.05) is 26.8 Å². The van der Waals surface area contributed by atoms with Crippen LogP contribution in [0.1, 0.15) is 50.5 Å². The fourth-order valence-electron chi connectivity index (χ4n) is 3.49. The fraction of sp³-hybridized carbons (Fsp3) is 0.409. The molecule has 0 amide bonds. The standard InChI is InChI=1S/C22H27F3N4O6S2/c1-6-14(16-10-13(11-35-16)12(2)3)27-21-18(20(22(23,24)25)36(31,32)28-21)26-15-8-7-9-17(19(15)30)37(33,34)29(4)5/h7-12,14,26,30H,6H2,1-5H3,(H,27,28)/t14-/m1/s1. The predicted octanol–water partition coefficient (Wildman–Crippen LogP) is 4.03. The number of anilines is 1. The average Bonchev–Trinajstić information content (AvgIpc) is 3.35. The topological polar surface area (TPSA) is 141 Å². The SMILES string of the molecule is CC[C@@H](N=C1NS(=O)(=O)C(C(F)(F)F)=C1Nc1cccc(S(=O)(=O)N(C)C)c1O)c1cc(C(C)C)co1. The molecule has 0 fully saturated rings. The molecule has 1 atom stereocenters. The number of allylic oxidation sites excluding steroid dienone is 1. The average molecular weight is 565 g/mol. The largest absolute Gasteiger partial charge is 0.504 e. The van der Waals surface area contributed by atoms with E-state index in [1.807, 2.05) is 18.6 Å². The molecule has 1 aliphatic rings. The molecule has 0 radical (unpaired) electrons. The van der Waals surface area contributed by atoms with Crippen molar-refractivity contribution in [2.75, 3.05) is 19.4 Å². The molecule has 2 aromatic rings. The number of phenolic OH excluding ortho intramolecular Hbond substituents is 1. The number of halogens is 3. The van der Waals surface area contributed by atoms with Gasteiger partial charge in [-0.05, 0) is 36.1 Å². The number of phenols is 1. The van der Waals surface area contributed by atoms with Gasteiger partial charge in [-0.2, -0.15) is 13.2 Å². The summed E-state index contributed by atoms with van der Waals surface area (Å²) in [7, 11) is -6.86. The van der Waals surface area contributed by atoms with E-state index in [-0.39, 0.29) is 12.3 Å². The second-order valence-electron chi connectivity index (χ2n) is 8.71. The first kappa shape index (κ1) is 28.5. The van der Waals surface area contributed by atoms with Gasteiger partial charge in [0.15, 0.2) is 16.5 Å². The molecule has 3 N–H and O–H groups in total. The Morgan fingerprint density at radius 1 is 1.24 bits per heavy atom. The summed E-state index contributed by atoms with van der Waals surface area (Å²) in [6.07, 6.45) is -3.59. The van der Waals surface area contributed by atoms with Gasteiger partial charge >= 0.3 is 6.18 Å². The minimum absolute atomic E-state index is 0.107. The van der Waals surface area contributed by atoms with Crippen molar-refractivity contribution in [1.82, 2.24) is 9.03 Å². The Hall–Kier alpha value is -3.04. The van der Waals surface area contributed by atoms with Crippen LogP contribution in [0.4, 0.5) is 18.9 Å². The molecule has 0 spiro atoms. The maximum Gasteiger partial charge on any atom is 0.431 e. The van der Waals surface area contributed by atoms with E-state index in [4.69, 9.17) is 4.42 Å². The number of amidine groups is 1. The van der Waals surface area contributed by atoms with Crippen LogP contribution in [0.3, 0.4) is 0 Å². The van der Waals surface area contributed by atoms with Crippen molar-refractivity contribution < 1.29 is 39.5 Å². The van der Waals surface area contributed by atoms with E-state index in [0.717, 1.165) is 22.0 Å². The van der Waals surface area contributed by atoms with E-state index in [1.54, 1.807) is 13.0 Å². The molecule has 10 nitrogen and oxygen atoms in total. The molecule has 3 rings (SSSR count). The zero-order chi connectivity index (χ0) is 27.9. The number of alkyl halides is 3. The lowest BCUT2D eigenvalue weighted by atomic mass is 10.1. The Balaban J connectivity index is 2.18. The quantitative estimate of drug-likeness (QED) is 0.411. The number of nitrogens with zero attached hydrogens (tertiary/aromatic N) is 2. The number of hydrogen-bond donors (Lipinski definition) is 3. The number of benzene rings is 1. The molecule has 1 aliphatic heterocycles. The number of hydrogen-bond acceptors (Lipinski definition) is 8. The molecule has 37 heavy (non-hydrogen) atoms. The molecule has 0 bridgehead atoms. The minimum Gasteiger partial charge on any atom is -0.504 e. The Morgan fingerprint density at radius 3 is 2.41 bits per heavy atom. The van der Waals surface area contributed by atoms with Crippen LogP contribution in [0, 0.1) is 0 Å². The normalized spacial score (nSPS) is 18.1. The summed E-state index contributed by atoms with van der Waals surface area (Å²) in [4.78, 5) is 1.65. The van der Waals surface area contributed by atoms with Gasteiger partial charge in [0, 0.05) is 14.1 Å². The second-order valence-corrected chi connectivity index (χ2v) is 12.5. The third-order valence-electron chi connectivity index (χ3n) is 5.55. The van der Waals surface area contributed by atoms with Gasteiger partial charge in [-0.15, -0.1) is 0 Å². The fourth-order valence-corrected chi connectivity index (χ4v) is 5.72. The summed E-state index contributed by atoms with van der Waals surface area (Å²) in [6.45, 7) is 5.53. The predicted molar refractivity (Wildman–Crippen MR) is 131 cm³/mol. The van der Waals surface area contributed by atoms with Crippen molar-refractivity contribution in [2.45, 2.75) is 50.2 Å². The first-order chi connectivity index (χ1) is 17.0. The van der Waals surface area contributed by atoms with Crippen LogP contribution in [-0.2, 0) is 20.0 Å². The number of rotatable bonds is 8. The van der Waals surface area contributed by atoms with Gasteiger partial charge in [0.2, 0.25) is 10.0 Å². The molecule has 204 valence electrons. The monoisotopic (exact) mass is 564 g/mol. The second kappa shape index (κ2) is 10.0. The first-order valence-corrected chi connectivity index (χ1v) is 13.9. The third kappa shape index (κ3) is 5.62. The van der Waals surface area contributed by atoms with Gasteiger partial charge in [0.25, 0.3) is 10.0 Å². The maximum absolute atomic E-state index is 13.9. The maximum atomic E-state index is 13.9. The van der Waals surface area contributed by atoms with Gasteiger partial charge in [0.1, 0.15) is 22.4 Å². The molecule has 15 heteroatoms. The van der Waals surface area contributed by atoms with Gasteiger partial charge < -0.3 is 14.8 Å². The van der Waals surface area contributed by atoms with Crippen LogP contribution in [-0.4, -0.2) is 52.4 Å². The van der Waals surface area contributed by atoms with E-state index >= 15 is 0 Å². The Labute approximate surface area is 213 Å². The smallest absolute Gasteiger partial charge is 0.431 e. The minimum atomic E-state index is -5.34. The van der Waals surface area contributed by atoms with E-state index in [0.29, 0.717) is 5.76 Å². The van der Waals surface area contributed by atoms with Crippen molar-refractivity contribution in [2.24, 2.45) is 4.99 Å². The summed E-state index contributed by atoms with van der Waals surface area (Å²) in [5, 5.41) is 12.9. The van der Waals surface area contributed by atoms with Gasteiger partial charge in [-0.25, -0.2) is 21.1 Å². The zero-order valence-electron chi connectivity index (χ0n) is 20.6. The molecule has 0 saturated heterocycles. The van der Waals surface area contributed by atoms with Crippen LogP contribution in [0.15, 0.2) is 55.4 Å². The van der Waals surface area contributed by atoms with Gasteiger partial charge in [0.05, 0.1) is 12.0 Å². The zero-order valence-corrected chi connectivity index (χ0v) is 22.2. The lowest BCUT2D eigenvalue weighted by molar-refractivity contribution is -0.0846. The summed E-state index contributed by atoms with van der Waals surface area (Å²) in [6, 6.07) is 4.19. The number of aliphatic imine (C=N–C) groups is 1. The van der Waals surface area contributed by atoms with E-state index in [1.165, 1.54) is 26.4 Å². The molecule has 0 saturated carbocycles. The van der Waals surface area contributed by atoms with Crippen molar-refractivity contribution in [3.63, 3.8) is 0 Å². The third-order valence-corrected chi connectivity index (χ3v) is 8.83. The van der Waals surface area contributed by atoms with E-state index in [9.17, 15) is 35.1 Å². The van der Waals surface area contributed by atoms with Crippen LogP contribution in [0.2, 0.25) is 0 Å². The number of nitrogens with one attached hydrogen (secondary N) is 2. The summed E-state index contributed by atoms with van der Waals surface area (Å²) >= 11 is 0. The highest BCUT2D eigenvalue weighted by Crippen LogP contribution is 2.40. The molecular weight excluding hydrogens is 537 g/mol. The molecule has 0 unspecified atom stereocenters. The Morgan fingerprint density at radius 2 is 1.89 bits per heavy atom. The highest BCUT2D eigenvalue weighted by atomic mass is 32.2. The Kier molecular flexibility index (Phi) is 7.73. The van der Waals surface area contributed by atoms with Crippen molar-refractivity contribution in [3.05, 3.63) is 52.5 Å². The van der Waals surface area contributed by atoms with E-state index < -0.39 is 65.0 Å². The van der Waals surface area contributed by atoms with Crippen molar-refractivity contribution in [3.8, 4) is 5.75 Å². The van der Waals surface area contributed by atoms with Gasteiger partial charge in [-0.3, -0.25) is 9.71 Å². The summed E-state index contributed by atoms with van der Waals surface area (Å²) in [5.41, 5.74) is -0.634. The number of sulfonamides is 2. The first-order valence-electron chi connectivity index (χ1n) is 11.0. The summed E-state index contributed by atoms with van der Waals surface area (Å²) < 4.78 is 100. The van der Waals surface area contributed by atoms with Crippen LogP contribution >= 0.6 is 0 Å². The molecule has 0 aliphatic carbocycles. The molecule has 1 aromatic carbocycles. The molecular formula is C22H27F3N4O6S2. The highest BCUT2D eigenvalue weighted by Gasteiger charge is 2.51. The molecule has 2 heterocycles. The highest BCUT2D eigenvalue weighted by molar-refractivity contribution is 7.94. The molecule has 1 aromatic heterocycles. The number of aromatic hydroxyl groups is 1. The van der Waals surface area contributed by atoms with Crippen molar-refractivity contribution in [1.29, 1.82) is 0 Å². The van der Waals surface area contributed by atoms with Crippen LogP contribution in [0.25, 0.3) is 0 Å². The lowest BCUT2D eigenvalue weighted by Crippen LogP contribution is -2.28. The number of para-hydroxylation sites is 1. The Bertz CT molecular complexity index is 1460. The van der Waals surface area contributed by atoms with E-state index in [2.05, 4.69) is 10.3 Å².